The second kappa shape index (κ2) is 7.18. The van der Waals surface area contributed by atoms with Crippen molar-refractivity contribution in [1.29, 1.82) is 0 Å². The largest absolute Gasteiger partial charge is 0.479 e. The zero-order valence-corrected chi connectivity index (χ0v) is 11.3. The second-order valence-electron chi connectivity index (χ2n) is 4.21. The predicted octanol–water partition coefficient (Wildman–Crippen LogP) is -0.300. The fourth-order valence-electron chi connectivity index (χ4n) is 1.46. The maximum atomic E-state index is 11.7. The maximum absolute atomic E-state index is 11.7. The van der Waals surface area contributed by atoms with Crippen LogP contribution in [-0.2, 0) is 19.1 Å². The molecule has 2 atom stereocenters. The Hall–Kier alpha value is -2.94. The fraction of sp³-hybridized carbons (Fsp3) is 0.231. The zero-order chi connectivity index (χ0) is 16.9. The molecule has 9 heteroatoms. The number of carboxylic acids is 2. The van der Waals surface area contributed by atoms with Gasteiger partial charge in [-0.25, -0.2) is 14.4 Å². The number of aliphatic hydroxyl groups excluding tert-OH is 1. The van der Waals surface area contributed by atoms with Gasteiger partial charge in [0.25, 0.3) is 0 Å². The van der Waals surface area contributed by atoms with E-state index in [4.69, 9.17) is 10.2 Å². The Balaban J connectivity index is 2.84. The van der Waals surface area contributed by atoms with Gasteiger partial charge in [-0.15, -0.1) is 0 Å². The van der Waals surface area contributed by atoms with Crippen molar-refractivity contribution >= 4 is 29.5 Å². The van der Waals surface area contributed by atoms with E-state index in [9.17, 15) is 24.3 Å². The van der Waals surface area contributed by atoms with E-state index in [-0.39, 0.29) is 11.5 Å². The van der Waals surface area contributed by atoms with Crippen LogP contribution in [0, 0.1) is 0 Å². The van der Waals surface area contributed by atoms with Gasteiger partial charge in [-0.3, -0.25) is 4.79 Å². The lowest BCUT2D eigenvalue weighted by Gasteiger charge is -2.16. The lowest BCUT2D eigenvalue weighted by Crippen LogP contribution is -2.43. The molecule has 0 heterocycles. The Kier molecular flexibility index (Phi) is 5.58. The molecule has 0 aromatic heterocycles. The molecule has 0 aliphatic rings. The topological polar surface area (TPSA) is 150 Å². The fourth-order valence-corrected chi connectivity index (χ4v) is 1.46. The number of aliphatic hydroxyl groups is 1. The Morgan fingerprint density at radius 1 is 1.05 bits per heavy atom. The number of anilines is 1. The first kappa shape index (κ1) is 17.1. The van der Waals surface area contributed by atoms with Gasteiger partial charge in [0.05, 0.1) is 5.56 Å². The Labute approximate surface area is 124 Å². The van der Waals surface area contributed by atoms with Gasteiger partial charge >= 0.3 is 17.9 Å². The molecule has 118 valence electrons. The second-order valence-corrected chi connectivity index (χ2v) is 4.21. The highest BCUT2D eigenvalue weighted by molar-refractivity contribution is 5.94. The van der Waals surface area contributed by atoms with E-state index < -0.39 is 30.1 Å². The number of hydrogen-bond acceptors (Lipinski definition) is 6. The highest BCUT2D eigenvalue weighted by Crippen LogP contribution is 2.12. The molecule has 22 heavy (non-hydrogen) atoms. The average molecular weight is 311 g/mol. The lowest BCUT2D eigenvalue weighted by molar-refractivity contribution is -0.166. The zero-order valence-electron chi connectivity index (χ0n) is 11.3. The summed E-state index contributed by atoms with van der Waals surface area (Å²) >= 11 is 0. The number of rotatable bonds is 6. The van der Waals surface area contributed by atoms with Crippen LogP contribution in [0.15, 0.2) is 24.3 Å². The summed E-state index contributed by atoms with van der Waals surface area (Å²) < 4.78 is 4.49. The van der Waals surface area contributed by atoms with Gasteiger partial charge in [0.1, 0.15) is 0 Å². The van der Waals surface area contributed by atoms with Crippen LogP contribution in [-0.4, -0.2) is 51.3 Å². The van der Waals surface area contributed by atoms with Crippen LogP contribution in [0.5, 0.6) is 0 Å². The summed E-state index contributed by atoms with van der Waals surface area (Å²) in [4.78, 5) is 44.0. The molecule has 9 nitrogen and oxygen atoms in total. The number of aliphatic carboxylic acids is 2. The highest BCUT2D eigenvalue weighted by atomic mass is 16.6. The minimum atomic E-state index is -2.39. The summed E-state index contributed by atoms with van der Waals surface area (Å²) in [6, 6.07) is 5.25. The van der Waals surface area contributed by atoms with Crippen molar-refractivity contribution in [2.24, 2.45) is 0 Å². The molecule has 0 saturated carbocycles. The van der Waals surface area contributed by atoms with Crippen molar-refractivity contribution in [2.75, 3.05) is 5.32 Å². The molecule has 4 N–H and O–H groups in total. The number of carboxylic acid groups (broad SMARTS) is 2. The molecule has 1 aromatic rings. The van der Waals surface area contributed by atoms with Crippen LogP contribution in [0.3, 0.4) is 0 Å². The van der Waals surface area contributed by atoms with Crippen LogP contribution in [0.2, 0.25) is 0 Å². The summed E-state index contributed by atoms with van der Waals surface area (Å²) in [7, 11) is 0. The molecule has 0 radical (unpaired) electrons. The highest BCUT2D eigenvalue weighted by Gasteiger charge is 2.35. The van der Waals surface area contributed by atoms with Crippen molar-refractivity contribution in [1.82, 2.24) is 0 Å². The molecule has 0 bridgehead atoms. The molecule has 0 aliphatic carbocycles. The average Bonchev–Trinajstić information content (AvgIpc) is 2.43. The summed E-state index contributed by atoms with van der Waals surface area (Å²) in [5.41, 5.74) is 0.336. The Bertz CT molecular complexity index is 595. The van der Waals surface area contributed by atoms with E-state index in [0.29, 0.717) is 5.69 Å². The molecule has 2 unspecified atom stereocenters. The van der Waals surface area contributed by atoms with Crippen LogP contribution < -0.4 is 5.32 Å². The van der Waals surface area contributed by atoms with E-state index in [1.807, 2.05) is 0 Å². The summed E-state index contributed by atoms with van der Waals surface area (Å²) in [5.74, 6) is -5.06. The number of nitrogens with one attached hydrogen (secondary N) is 1. The van der Waals surface area contributed by atoms with E-state index in [0.717, 1.165) is 0 Å². The van der Waals surface area contributed by atoms with E-state index >= 15 is 0 Å². The quantitative estimate of drug-likeness (QED) is 0.523. The van der Waals surface area contributed by atoms with Gasteiger partial charge < -0.3 is 25.4 Å². The molecule has 0 aliphatic heterocycles. The summed E-state index contributed by atoms with van der Waals surface area (Å²) in [6.07, 6.45) is -4.62. The van der Waals surface area contributed by atoms with Crippen molar-refractivity contribution in [3.8, 4) is 0 Å². The number of ether oxygens (including phenoxy) is 1. The van der Waals surface area contributed by atoms with Gasteiger partial charge in [-0.05, 0) is 24.3 Å². The van der Waals surface area contributed by atoms with Crippen molar-refractivity contribution in [2.45, 2.75) is 19.1 Å². The third kappa shape index (κ3) is 4.56. The van der Waals surface area contributed by atoms with Crippen LogP contribution >= 0.6 is 0 Å². The molecule has 1 rings (SSSR count). The molecule has 0 spiro atoms. The predicted molar refractivity (Wildman–Crippen MR) is 71.2 cm³/mol. The van der Waals surface area contributed by atoms with Crippen molar-refractivity contribution < 1.29 is 39.2 Å². The van der Waals surface area contributed by atoms with E-state index in [1.54, 1.807) is 0 Å². The first-order chi connectivity index (χ1) is 10.2. The SMILES string of the molecule is CC(=O)Nc1ccc(C(=O)OC(C(=O)O)C(O)C(=O)O)cc1. The Morgan fingerprint density at radius 3 is 2.00 bits per heavy atom. The molecule has 1 amide bonds. The standard InChI is InChI=1S/C13H13NO8/c1-6(15)14-8-4-2-7(3-5-8)13(21)22-10(12(19)20)9(16)11(17)18/h2-5,9-10,16H,1H3,(H,14,15)(H,17,18)(H,19,20). The van der Waals surface area contributed by atoms with E-state index in [1.165, 1.54) is 31.2 Å². The smallest absolute Gasteiger partial charge is 0.348 e. The van der Waals surface area contributed by atoms with Gasteiger partial charge in [0.15, 0.2) is 6.10 Å². The van der Waals surface area contributed by atoms with Gasteiger partial charge in [-0.1, -0.05) is 0 Å². The number of hydrogen-bond donors (Lipinski definition) is 4. The van der Waals surface area contributed by atoms with Crippen LogP contribution in [0.4, 0.5) is 5.69 Å². The normalized spacial score (nSPS) is 12.8. The van der Waals surface area contributed by atoms with Crippen LogP contribution in [0.1, 0.15) is 17.3 Å². The number of carbonyl (C=O) groups excluding carboxylic acids is 2. The van der Waals surface area contributed by atoms with Crippen LogP contribution in [0.25, 0.3) is 0 Å². The minimum absolute atomic E-state index is 0.0714. The third-order valence-electron chi connectivity index (χ3n) is 2.46. The molecule has 0 saturated heterocycles. The first-order valence-corrected chi connectivity index (χ1v) is 5.94. The molecule has 1 aromatic carbocycles. The van der Waals surface area contributed by atoms with Gasteiger partial charge in [0.2, 0.25) is 12.0 Å². The van der Waals surface area contributed by atoms with Gasteiger partial charge in [0, 0.05) is 12.6 Å². The van der Waals surface area contributed by atoms with Crippen molar-refractivity contribution in [3.63, 3.8) is 0 Å². The molecular formula is C13H13NO8. The first-order valence-electron chi connectivity index (χ1n) is 5.94. The van der Waals surface area contributed by atoms with Gasteiger partial charge in [-0.2, -0.15) is 0 Å². The third-order valence-corrected chi connectivity index (χ3v) is 2.46. The monoisotopic (exact) mass is 311 g/mol. The minimum Gasteiger partial charge on any atom is -0.479 e. The number of amides is 1. The molecule has 0 fully saturated rings. The number of esters is 1. The molecular weight excluding hydrogens is 298 g/mol. The van der Waals surface area contributed by atoms with Crippen molar-refractivity contribution in [3.05, 3.63) is 29.8 Å². The number of benzene rings is 1. The number of carbonyl (C=O) groups is 4. The maximum Gasteiger partial charge on any atom is 0.348 e. The summed E-state index contributed by atoms with van der Waals surface area (Å²) in [5, 5.41) is 29.0. The summed E-state index contributed by atoms with van der Waals surface area (Å²) in [6.45, 7) is 1.30. The lowest BCUT2D eigenvalue weighted by atomic mass is 10.2. The Morgan fingerprint density at radius 2 is 1.59 bits per heavy atom. The van der Waals surface area contributed by atoms with E-state index in [2.05, 4.69) is 10.1 Å².